The average Bonchev–Trinajstić information content (AvgIpc) is 2.77. The van der Waals surface area contributed by atoms with Crippen molar-refractivity contribution < 1.29 is 30.6 Å². The lowest BCUT2D eigenvalue weighted by molar-refractivity contribution is -0.0996. The zero-order valence-corrected chi connectivity index (χ0v) is 17.2. The van der Waals surface area contributed by atoms with Crippen LogP contribution in [0.2, 0.25) is 0 Å². The van der Waals surface area contributed by atoms with E-state index in [-0.39, 0.29) is 0 Å². The first-order chi connectivity index (χ1) is 14.3. The van der Waals surface area contributed by atoms with Crippen molar-refractivity contribution in [2.45, 2.75) is 51.1 Å². The second kappa shape index (κ2) is 10.9. The molecule has 0 saturated heterocycles. The summed E-state index contributed by atoms with van der Waals surface area (Å²) in [6.45, 7) is 4.01. The highest BCUT2D eigenvalue weighted by Gasteiger charge is 2.34. The van der Waals surface area contributed by atoms with Crippen molar-refractivity contribution in [1.82, 2.24) is 0 Å². The Bertz CT molecular complexity index is 875. The van der Waals surface area contributed by atoms with Crippen molar-refractivity contribution in [2.75, 3.05) is 0 Å². The molecule has 30 heavy (non-hydrogen) atoms. The first kappa shape index (κ1) is 23.6. The second-order valence-electron chi connectivity index (χ2n) is 7.16. The quantitative estimate of drug-likeness (QED) is 0.351. The van der Waals surface area contributed by atoms with E-state index in [0.717, 1.165) is 17.5 Å². The number of benzene rings is 2. The Labute approximate surface area is 176 Å². The van der Waals surface area contributed by atoms with Crippen LogP contribution in [0.25, 0.3) is 12.2 Å². The van der Waals surface area contributed by atoms with Crippen LogP contribution in [0, 0.1) is 0 Å². The lowest BCUT2D eigenvalue weighted by Gasteiger charge is -2.26. The molecule has 2 aromatic carbocycles. The average molecular weight is 414 g/mol. The molecule has 0 amide bonds. The maximum absolute atomic E-state index is 10.3. The third-order valence-electron chi connectivity index (χ3n) is 5.02. The molecule has 0 unspecified atom stereocenters. The van der Waals surface area contributed by atoms with Crippen molar-refractivity contribution in [1.29, 1.82) is 0 Å². The van der Waals surface area contributed by atoms with Gasteiger partial charge in [-0.05, 0) is 47.2 Å². The molecule has 0 saturated carbocycles. The SMILES string of the molecule is CCc1ccc(C=C(O)[C@H](O)[C@@H](O)[C@H](O)[C@H](O)C(O)=Cc2ccccc2)c(CC)c1. The van der Waals surface area contributed by atoms with Gasteiger partial charge in [0.1, 0.15) is 35.9 Å². The lowest BCUT2D eigenvalue weighted by atomic mass is 9.96. The summed E-state index contributed by atoms with van der Waals surface area (Å²) < 4.78 is 0. The summed E-state index contributed by atoms with van der Waals surface area (Å²) >= 11 is 0. The van der Waals surface area contributed by atoms with Crippen molar-refractivity contribution in [3.63, 3.8) is 0 Å². The molecular weight excluding hydrogens is 384 g/mol. The van der Waals surface area contributed by atoms with Crippen molar-refractivity contribution in [3.05, 3.63) is 82.3 Å². The van der Waals surface area contributed by atoms with Gasteiger partial charge >= 0.3 is 0 Å². The smallest absolute Gasteiger partial charge is 0.139 e. The van der Waals surface area contributed by atoms with E-state index < -0.39 is 35.9 Å². The Morgan fingerprint density at radius 1 is 0.767 bits per heavy atom. The van der Waals surface area contributed by atoms with Crippen LogP contribution in [0.15, 0.2) is 60.0 Å². The zero-order valence-electron chi connectivity index (χ0n) is 17.2. The Balaban J connectivity index is 2.16. The fourth-order valence-corrected chi connectivity index (χ4v) is 3.10. The molecule has 0 aliphatic heterocycles. The summed E-state index contributed by atoms with van der Waals surface area (Å²) in [4.78, 5) is 0. The van der Waals surface area contributed by atoms with Gasteiger partial charge in [0.2, 0.25) is 0 Å². The van der Waals surface area contributed by atoms with Crippen molar-refractivity contribution >= 4 is 12.2 Å². The molecule has 0 aliphatic carbocycles. The molecule has 0 heterocycles. The summed E-state index contributed by atoms with van der Waals surface area (Å²) in [6.07, 6.45) is -3.41. The number of hydrogen-bond acceptors (Lipinski definition) is 6. The molecule has 0 radical (unpaired) electrons. The van der Waals surface area contributed by atoms with Crippen LogP contribution in [0.4, 0.5) is 0 Å². The van der Waals surface area contributed by atoms with Crippen LogP contribution in [-0.4, -0.2) is 55.1 Å². The minimum atomic E-state index is -1.93. The van der Waals surface area contributed by atoms with E-state index in [9.17, 15) is 30.6 Å². The summed E-state index contributed by atoms with van der Waals surface area (Å²) in [7, 11) is 0. The maximum atomic E-state index is 10.3. The van der Waals surface area contributed by atoms with Crippen LogP contribution >= 0.6 is 0 Å². The molecule has 0 fully saturated rings. The molecule has 6 heteroatoms. The van der Waals surface area contributed by atoms with Crippen LogP contribution < -0.4 is 0 Å². The van der Waals surface area contributed by atoms with E-state index in [1.807, 2.05) is 32.0 Å². The van der Waals surface area contributed by atoms with Gasteiger partial charge in [0.15, 0.2) is 0 Å². The Morgan fingerprint density at radius 3 is 1.87 bits per heavy atom. The van der Waals surface area contributed by atoms with Gasteiger partial charge in [0, 0.05) is 0 Å². The second-order valence-corrected chi connectivity index (χ2v) is 7.16. The summed E-state index contributed by atoms with van der Waals surface area (Å²) in [6, 6.07) is 14.4. The lowest BCUT2D eigenvalue weighted by Crippen LogP contribution is -2.45. The normalized spacial score (nSPS) is 16.7. The monoisotopic (exact) mass is 414 g/mol. The van der Waals surface area contributed by atoms with Gasteiger partial charge in [-0.25, -0.2) is 0 Å². The van der Waals surface area contributed by atoms with E-state index >= 15 is 0 Å². The molecule has 4 atom stereocenters. The predicted molar refractivity (Wildman–Crippen MR) is 117 cm³/mol. The van der Waals surface area contributed by atoms with Gasteiger partial charge in [-0.2, -0.15) is 0 Å². The van der Waals surface area contributed by atoms with Crippen LogP contribution in [-0.2, 0) is 12.8 Å². The number of aryl methyl sites for hydroxylation is 2. The largest absolute Gasteiger partial charge is 0.509 e. The molecule has 0 spiro atoms. The third kappa shape index (κ3) is 5.93. The highest BCUT2D eigenvalue weighted by molar-refractivity contribution is 5.57. The minimum Gasteiger partial charge on any atom is -0.509 e. The fourth-order valence-electron chi connectivity index (χ4n) is 3.10. The van der Waals surface area contributed by atoms with Gasteiger partial charge in [-0.3, -0.25) is 0 Å². The predicted octanol–water partition coefficient (Wildman–Crippen LogP) is 2.75. The zero-order chi connectivity index (χ0) is 22.3. The fraction of sp³-hybridized carbons (Fsp3) is 0.333. The van der Waals surface area contributed by atoms with E-state index in [4.69, 9.17) is 0 Å². The first-order valence-electron chi connectivity index (χ1n) is 9.98. The molecular formula is C24H30O6. The van der Waals surface area contributed by atoms with Crippen LogP contribution in [0.5, 0.6) is 0 Å². The Kier molecular flexibility index (Phi) is 8.62. The highest BCUT2D eigenvalue weighted by atomic mass is 16.4. The van der Waals surface area contributed by atoms with Gasteiger partial charge in [-0.1, -0.05) is 62.4 Å². The summed E-state index contributed by atoms with van der Waals surface area (Å²) in [5.41, 5.74) is 3.37. The van der Waals surface area contributed by atoms with E-state index in [0.29, 0.717) is 17.5 Å². The molecule has 162 valence electrons. The Morgan fingerprint density at radius 2 is 1.33 bits per heavy atom. The number of hydrogen-bond donors (Lipinski definition) is 6. The van der Waals surface area contributed by atoms with Crippen LogP contribution in [0.1, 0.15) is 36.1 Å². The van der Waals surface area contributed by atoms with Gasteiger partial charge in [0.05, 0.1) is 0 Å². The van der Waals surface area contributed by atoms with E-state index in [1.165, 1.54) is 12.2 Å². The molecule has 2 aromatic rings. The molecule has 2 rings (SSSR count). The molecule has 6 N–H and O–H groups in total. The molecule has 6 nitrogen and oxygen atoms in total. The maximum Gasteiger partial charge on any atom is 0.139 e. The molecule has 0 bridgehead atoms. The van der Waals surface area contributed by atoms with Crippen molar-refractivity contribution in [3.8, 4) is 0 Å². The standard InChI is InChI=1S/C24H30O6/c1-3-15-10-11-18(17(4-2)12-15)14-20(26)22(28)24(30)23(29)21(27)19(25)13-16-8-6-5-7-9-16/h5-14,21-30H,3-4H2,1-2H3/t21-,22+,23-,24-/m1/s1. The number of aliphatic hydroxyl groups is 6. The minimum absolute atomic E-state index is 0.556. The summed E-state index contributed by atoms with van der Waals surface area (Å²) in [5.74, 6) is -1.13. The van der Waals surface area contributed by atoms with Gasteiger partial charge < -0.3 is 30.6 Å². The van der Waals surface area contributed by atoms with E-state index in [1.54, 1.807) is 30.3 Å². The number of aliphatic hydroxyl groups excluding tert-OH is 6. The van der Waals surface area contributed by atoms with Gasteiger partial charge in [0.25, 0.3) is 0 Å². The topological polar surface area (TPSA) is 121 Å². The summed E-state index contributed by atoms with van der Waals surface area (Å²) in [5, 5.41) is 61.1. The van der Waals surface area contributed by atoms with Crippen LogP contribution in [0.3, 0.4) is 0 Å². The number of rotatable bonds is 9. The van der Waals surface area contributed by atoms with Crippen molar-refractivity contribution in [2.24, 2.45) is 0 Å². The molecule has 0 aliphatic rings. The highest BCUT2D eigenvalue weighted by Crippen LogP contribution is 2.20. The van der Waals surface area contributed by atoms with E-state index in [2.05, 4.69) is 0 Å². The Hall–Kier alpha value is -2.64. The first-order valence-corrected chi connectivity index (χ1v) is 9.98. The third-order valence-corrected chi connectivity index (χ3v) is 5.02. The molecule has 0 aromatic heterocycles. The van der Waals surface area contributed by atoms with Gasteiger partial charge in [-0.15, -0.1) is 0 Å².